The van der Waals surface area contributed by atoms with Gasteiger partial charge < -0.3 is 10.1 Å². The monoisotopic (exact) mass is 326 g/mol. The van der Waals surface area contributed by atoms with E-state index in [1.165, 1.54) is 25.1 Å². The van der Waals surface area contributed by atoms with Crippen molar-refractivity contribution in [2.45, 2.75) is 26.9 Å². The summed E-state index contributed by atoms with van der Waals surface area (Å²) in [6, 6.07) is 3.64. The molecular weight excluding hydrogens is 312 g/mol. The maximum atomic E-state index is 11.9. The first kappa shape index (κ1) is 17.6. The molecule has 0 aliphatic heterocycles. The largest absolute Gasteiger partial charge is 0.449 e. The van der Waals surface area contributed by atoms with Crippen LogP contribution in [0.2, 0.25) is 5.02 Å². The van der Waals surface area contributed by atoms with Crippen LogP contribution in [0, 0.1) is 10.1 Å². The first-order valence-corrected chi connectivity index (χ1v) is 6.69. The number of ether oxygens (including phenoxy) is 1. The Morgan fingerprint density at radius 3 is 2.55 bits per heavy atom. The van der Waals surface area contributed by atoms with E-state index in [9.17, 15) is 19.7 Å². The predicted octanol–water partition coefficient (Wildman–Crippen LogP) is 3.08. The van der Waals surface area contributed by atoms with E-state index in [0.717, 1.165) is 11.6 Å². The van der Waals surface area contributed by atoms with Gasteiger partial charge in [0.15, 0.2) is 6.10 Å². The van der Waals surface area contributed by atoms with Gasteiger partial charge in [-0.15, -0.1) is 0 Å². The van der Waals surface area contributed by atoms with Gasteiger partial charge in [-0.2, -0.15) is 0 Å². The SMILES string of the molecule is CC(C)=CC(=O)OC(C)C(=O)Nc1ccc([N+](=O)[O-])cc1Cl. The minimum Gasteiger partial charge on any atom is -0.449 e. The van der Waals surface area contributed by atoms with Crippen molar-refractivity contribution in [3.05, 3.63) is 45.0 Å². The van der Waals surface area contributed by atoms with Gasteiger partial charge in [0.25, 0.3) is 11.6 Å². The molecule has 118 valence electrons. The molecule has 0 aliphatic rings. The van der Waals surface area contributed by atoms with Crippen LogP contribution in [0.15, 0.2) is 29.8 Å². The molecule has 1 aromatic rings. The molecule has 0 radical (unpaired) electrons. The molecule has 1 rings (SSSR count). The molecule has 1 amide bonds. The van der Waals surface area contributed by atoms with Gasteiger partial charge >= 0.3 is 5.97 Å². The van der Waals surface area contributed by atoms with E-state index in [2.05, 4.69) is 5.32 Å². The van der Waals surface area contributed by atoms with Gasteiger partial charge in [0, 0.05) is 18.2 Å². The number of nitrogens with zero attached hydrogens (tertiary/aromatic N) is 1. The zero-order chi connectivity index (χ0) is 16.9. The number of nitrogens with one attached hydrogen (secondary N) is 1. The summed E-state index contributed by atoms with van der Waals surface area (Å²) in [4.78, 5) is 33.3. The van der Waals surface area contributed by atoms with Crippen molar-refractivity contribution >= 4 is 34.9 Å². The minimum atomic E-state index is -1.03. The van der Waals surface area contributed by atoms with E-state index in [1.54, 1.807) is 13.8 Å². The van der Waals surface area contributed by atoms with Gasteiger partial charge in [-0.1, -0.05) is 17.2 Å². The van der Waals surface area contributed by atoms with Crippen molar-refractivity contribution in [3.8, 4) is 0 Å². The number of carbonyl (C=O) groups is 2. The summed E-state index contributed by atoms with van der Waals surface area (Å²) in [5, 5.41) is 13.1. The molecule has 0 fully saturated rings. The number of nitro benzene ring substituents is 1. The number of benzene rings is 1. The molecule has 0 bridgehead atoms. The van der Waals surface area contributed by atoms with Crippen molar-refractivity contribution < 1.29 is 19.2 Å². The van der Waals surface area contributed by atoms with Crippen molar-refractivity contribution in [3.63, 3.8) is 0 Å². The number of hydrogen-bond donors (Lipinski definition) is 1. The molecule has 1 aromatic carbocycles. The third-order valence-electron chi connectivity index (χ3n) is 2.49. The van der Waals surface area contributed by atoms with Crippen molar-refractivity contribution in [2.24, 2.45) is 0 Å². The summed E-state index contributed by atoms with van der Waals surface area (Å²) >= 11 is 5.86. The Bertz CT molecular complexity index is 638. The summed E-state index contributed by atoms with van der Waals surface area (Å²) in [5.41, 5.74) is 0.754. The number of halogens is 1. The molecule has 1 N–H and O–H groups in total. The lowest BCUT2D eigenvalue weighted by molar-refractivity contribution is -0.384. The molecule has 0 aromatic heterocycles. The number of hydrogen-bond acceptors (Lipinski definition) is 5. The summed E-state index contributed by atoms with van der Waals surface area (Å²) < 4.78 is 4.92. The van der Waals surface area contributed by atoms with Gasteiger partial charge in [-0.3, -0.25) is 14.9 Å². The zero-order valence-corrected chi connectivity index (χ0v) is 13.0. The maximum absolute atomic E-state index is 11.9. The normalized spacial score (nSPS) is 11.3. The van der Waals surface area contributed by atoms with E-state index in [0.29, 0.717) is 0 Å². The van der Waals surface area contributed by atoms with Crippen LogP contribution in [0.25, 0.3) is 0 Å². The molecule has 1 atom stereocenters. The topological polar surface area (TPSA) is 98.5 Å². The van der Waals surface area contributed by atoms with Crippen LogP contribution in [0.1, 0.15) is 20.8 Å². The Kier molecular flexibility index (Phi) is 6.06. The van der Waals surface area contributed by atoms with Crippen LogP contribution in [0.4, 0.5) is 11.4 Å². The second-order valence-corrected chi connectivity index (χ2v) is 5.12. The summed E-state index contributed by atoms with van der Waals surface area (Å²) in [5.74, 6) is -1.22. The lowest BCUT2D eigenvalue weighted by Gasteiger charge is -2.13. The Morgan fingerprint density at radius 1 is 1.41 bits per heavy atom. The molecule has 7 nitrogen and oxygen atoms in total. The van der Waals surface area contributed by atoms with Gasteiger partial charge in [-0.05, 0) is 26.8 Å². The Hall–Kier alpha value is -2.41. The summed E-state index contributed by atoms with van der Waals surface area (Å²) in [7, 11) is 0. The second kappa shape index (κ2) is 7.56. The van der Waals surface area contributed by atoms with Crippen LogP contribution in [0.3, 0.4) is 0 Å². The fourth-order valence-electron chi connectivity index (χ4n) is 1.45. The highest BCUT2D eigenvalue weighted by atomic mass is 35.5. The maximum Gasteiger partial charge on any atom is 0.331 e. The van der Waals surface area contributed by atoms with E-state index < -0.39 is 22.9 Å². The minimum absolute atomic E-state index is 0.0189. The van der Waals surface area contributed by atoms with Gasteiger partial charge in [0.2, 0.25) is 0 Å². The number of allylic oxidation sites excluding steroid dienone is 1. The standard InChI is InChI=1S/C14H15ClN2O5/c1-8(2)6-13(18)22-9(3)14(19)16-12-5-4-10(17(20)21)7-11(12)15/h4-7,9H,1-3H3,(H,16,19). The van der Waals surface area contributed by atoms with Gasteiger partial charge in [-0.25, -0.2) is 4.79 Å². The molecule has 22 heavy (non-hydrogen) atoms. The smallest absolute Gasteiger partial charge is 0.331 e. The van der Waals surface area contributed by atoms with Crippen LogP contribution in [0.5, 0.6) is 0 Å². The van der Waals surface area contributed by atoms with E-state index in [-0.39, 0.29) is 16.4 Å². The van der Waals surface area contributed by atoms with Crippen LogP contribution < -0.4 is 5.32 Å². The van der Waals surface area contributed by atoms with Crippen molar-refractivity contribution in [1.29, 1.82) is 0 Å². The number of carbonyl (C=O) groups excluding carboxylic acids is 2. The second-order valence-electron chi connectivity index (χ2n) is 4.71. The molecule has 0 aliphatic carbocycles. The average molecular weight is 327 g/mol. The fraction of sp³-hybridized carbons (Fsp3) is 0.286. The fourth-order valence-corrected chi connectivity index (χ4v) is 1.67. The van der Waals surface area contributed by atoms with Gasteiger partial charge in [0.1, 0.15) is 0 Å². The zero-order valence-electron chi connectivity index (χ0n) is 12.3. The third-order valence-corrected chi connectivity index (χ3v) is 2.80. The number of amides is 1. The number of rotatable bonds is 5. The summed E-state index contributed by atoms with van der Waals surface area (Å²) in [6.07, 6.45) is 0.234. The number of anilines is 1. The quantitative estimate of drug-likeness (QED) is 0.388. The molecule has 0 saturated carbocycles. The number of non-ortho nitro benzene ring substituents is 1. The highest BCUT2D eigenvalue weighted by Crippen LogP contribution is 2.26. The van der Waals surface area contributed by atoms with Crippen molar-refractivity contribution in [2.75, 3.05) is 5.32 Å². The lowest BCUT2D eigenvalue weighted by Crippen LogP contribution is -2.29. The number of esters is 1. The Labute approximate surface area is 132 Å². The molecular formula is C14H15ClN2O5. The Balaban J connectivity index is 2.74. The Morgan fingerprint density at radius 2 is 2.05 bits per heavy atom. The lowest BCUT2D eigenvalue weighted by atomic mass is 10.2. The highest BCUT2D eigenvalue weighted by molar-refractivity contribution is 6.34. The van der Waals surface area contributed by atoms with Gasteiger partial charge in [0.05, 0.1) is 15.6 Å². The summed E-state index contributed by atoms with van der Waals surface area (Å²) in [6.45, 7) is 4.86. The molecule has 1 unspecified atom stereocenters. The van der Waals surface area contributed by atoms with E-state index in [1.807, 2.05) is 0 Å². The van der Waals surface area contributed by atoms with E-state index >= 15 is 0 Å². The number of nitro groups is 1. The highest BCUT2D eigenvalue weighted by Gasteiger charge is 2.18. The van der Waals surface area contributed by atoms with Crippen LogP contribution in [-0.4, -0.2) is 22.9 Å². The third kappa shape index (κ3) is 5.17. The molecule has 0 spiro atoms. The predicted molar refractivity (Wildman–Crippen MR) is 81.7 cm³/mol. The van der Waals surface area contributed by atoms with Crippen LogP contribution >= 0.6 is 11.6 Å². The van der Waals surface area contributed by atoms with Crippen LogP contribution in [-0.2, 0) is 14.3 Å². The molecule has 0 saturated heterocycles. The van der Waals surface area contributed by atoms with Crippen molar-refractivity contribution in [1.82, 2.24) is 0 Å². The van der Waals surface area contributed by atoms with E-state index in [4.69, 9.17) is 16.3 Å². The first-order valence-electron chi connectivity index (χ1n) is 6.31. The molecule has 0 heterocycles. The first-order chi connectivity index (χ1) is 10.2. The average Bonchev–Trinajstić information content (AvgIpc) is 2.39. The molecule has 8 heteroatoms.